The number of aliphatic imine (C=N–C) groups is 1. The summed E-state index contributed by atoms with van der Waals surface area (Å²) in [5, 5.41) is 0. The van der Waals surface area contributed by atoms with Crippen molar-refractivity contribution in [3.63, 3.8) is 0 Å². The predicted molar refractivity (Wildman–Crippen MR) is 39.8 cm³/mol. The zero-order chi connectivity index (χ0) is 7.11. The van der Waals surface area contributed by atoms with Crippen LogP contribution in [0.2, 0.25) is 0 Å². The molecule has 0 spiro atoms. The maximum atomic E-state index is 4.82. The second kappa shape index (κ2) is 5.51. The third kappa shape index (κ3) is 5.24. The van der Waals surface area contributed by atoms with Crippen LogP contribution in [0.25, 0.3) is 0 Å². The summed E-state index contributed by atoms with van der Waals surface area (Å²) in [5.74, 6) is 0. The molecule has 0 N–H and O–H groups in total. The molecule has 2 heteroatoms. The topological polar surface area (TPSA) is 21.6 Å². The fraction of sp³-hybridized carbons (Fsp3) is 0.571. The molecule has 0 rings (SSSR count). The van der Waals surface area contributed by atoms with Gasteiger partial charge in [0, 0.05) is 25.4 Å². The Balaban J connectivity index is 3.27. The summed E-state index contributed by atoms with van der Waals surface area (Å²) in [7, 11) is 1.67. The van der Waals surface area contributed by atoms with Crippen molar-refractivity contribution in [1.29, 1.82) is 0 Å². The highest BCUT2D eigenvalue weighted by Gasteiger charge is 1.86. The van der Waals surface area contributed by atoms with Gasteiger partial charge in [-0.3, -0.25) is 4.99 Å². The van der Waals surface area contributed by atoms with Crippen molar-refractivity contribution in [3.05, 3.63) is 12.3 Å². The number of rotatable bonds is 4. The Morgan fingerprint density at radius 1 is 1.78 bits per heavy atom. The summed E-state index contributed by atoms with van der Waals surface area (Å²) in [5.41, 5.74) is 0.874. The molecule has 0 aromatic heterocycles. The Kier molecular flexibility index (Phi) is 5.12. The van der Waals surface area contributed by atoms with Crippen LogP contribution in [0, 0.1) is 0 Å². The third-order valence-electron chi connectivity index (χ3n) is 0.906. The molecule has 0 atom stereocenters. The van der Waals surface area contributed by atoms with Crippen LogP contribution in [0.15, 0.2) is 17.3 Å². The van der Waals surface area contributed by atoms with Crippen molar-refractivity contribution >= 4 is 6.21 Å². The molecule has 0 aromatic rings. The number of ether oxygens (including phenoxy) is 1. The van der Waals surface area contributed by atoms with E-state index in [1.165, 1.54) is 0 Å². The summed E-state index contributed by atoms with van der Waals surface area (Å²) in [6, 6.07) is 0. The van der Waals surface area contributed by atoms with Crippen LogP contribution in [0.1, 0.15) is 13.3 Å². The maximum Gasteiger partial charge on any atom is 0.0517 e. The largest absolute Gasteiger partial charge is 0.384 e. The lowest BCUT2D eigenvalue weighted by atomic mass is 10.4. The molecule has 0 saturated heterocycles. The SMILES string of the molecule is C=C(CCOC)N=CC. The summed E-state index contributed by atoms with van der Waals surface area (Å²) in [4.78, 5) is 3.96. The van der Waals surface area contributed by atoms with Crippen LogP contribution in [-0.2, 0) is 4.74 Å². The quantitative estimate of drug-likeness (QED) is 0.526. The highest BCUT2D eigenvalue weighted by Crippen LogP contribution is 1.97. The number of hydrogen-bond donors (Lipinski definition) is 0. The minimum atomic E-state index is 0.705. The smallest absolute Gasteiger partial charge is 0.0517 e. The van der Waals surface area contributed by atoms with E-state index < -0.39 is 0 Å². The van der Waals surface area contributed by atoms with E-state index in [-0.39, 0.29) is 0 Å². The molecular weight excluding hydrogens is 114 g/mol. The number of methoxy groups -OCH3 is 1. The van der Waals surface area contributed by atoms with Crippen molar-refractivity contribution in [2.75, 3.05) is 13.7 Å². The minimum Gasteiger partial charge on any atom is -0.384 e. The molecule has 0 aliphatic rings. The fourth-order valence-electron chi connectivity index (χ4n) is 0.467. The van der Waals surface area contributed by atoms with E-state index in [2.05, 4.69) is 11.6 Å². The lowest BCUT2D eigenvalue weighted by molar-refractivity contribution is 0.202. The van der Waals surface area contributed by atoms with Gasteiger partial charge in [0.2, 0.25) is 0 Å². The standard InChI is InChI=1S/C7H13NO/c1-4-8-7(2)5-6-9-3/h4H,2,5-6H2,1,3H3. The molecule has 0 bridgehead atoms. The van der Waals surface area contributed by atoms with E-state index >= 15 is 0 Å². The maximum absolute atomic E-state index is 4.82. The van der Waals surface area contributed by atoms with Crippen LogP contribution in [-0.4, -0.2) is 19.9 Å². The normalized spacial score (nSPS) is 10.4. The monoisotopic (exact) mass is 127 g/mol. The molecule has 52 valence electrons. The van der Waals surface area contributed by atoms with Crippen molar-refractivity contribution in [2.45, 2.75) is 13.3 Å². The van der Waals surface area contributed by atoms with Crippen LogP contribution in [0.3, 0.4) is 0 Å². The molecule has 0 radical (unpaired) electrons. The van der Waals surface area contributed by atoms with Crippen LogP contribution in [0.4, 0.5) is 0 Å². The molecule has 0 aliphatic carbocycles. The Hall–Kier alpha value is -0.630. The summed E-state index contributed by atoms with van der Waals surface area (Å²) < 4.78 is 4.82. The van der Waals surface area contributed by atoms with E-state index in [0.717, 1.165) is 12.1 Å². The predicted octanol–water partition coefficient (Wildman–Crippen LogP) is 1.63. The second-order valence-corrected chi connectivity index (χ2v) is 1.70. The highest BCUT2D eigenvalue weighted by atomic mass is 16.5. The number of nitrogens with zero attached hydrogens (tertiary/aromatic N) is 1. The van der Waals surface area contributed by atoms with Gasteiger partial charge in [-0.05, 0) is 6.92 Å². The average molecular weight is 127 g/mol. The zero-order valence-corrected chi connectivity index (χ0v) is 6.05. The molecule has 0 amide bonds. The third-order valence-corrected chi connectivity index (χ3v) is 0.906. The highest BCUT2D eigenvalue weighted by molar-refractivity contribution is 5.54. The van der Waals surface area contributed by atoms with E-state index in [9.17, 15) is 0 Å². The first-order chi connectivity index (χ1) is 4.31. The van der Waals surface area contributed by atoms with Gasteiger partial charge >= 0.3 is 0 Å². The van der Waals surface area contributed by atoms with Crippen molar-refractivity contribution < 1.29 is 4.74 Å². The second-order valence-electron chi connectivity index (χ2n) is 1.70. The van der Waals surface area contributed by atoms with E-state index in [0.29, 0.717) is 6.61 Å². The molecule has 0 unspecified atom stereocenters. The van der Waals surface area contributed by atoms with Gasteiger partial charge < -0.3 is 4.74 Å². The van der Waals surface area contributed by atoms with Gasteiger partial charge in [0.15, 0.2) is 0 Å². The Labute approximate surface area is 56.2 Å². The van der Waals surface area contributed by atoms with Crippen LogP contribution >= 0.6 is 0 Å². The summed E-state index contributed by atoms with van der Waals surface area (Å²) in [6.45, 7) is 6.28. The minimum absolute atomic E-state index is 0.705. The van der Waals surface area contributed by atoms with Crippen LogP contribution in [0.5, 0.6) is 0 Å². The molecule has 0 aromatic carbocycles. The van der Waals surface area contributed by atoms with Crippen molar-refractivity contribution in [1.82, 2.24) is 0 Å². The molecule has 0 heterocycles. The molecule has 2 nitrogen and oxygen atoms in total. The molecule has 0 saturated carbocycles. The Morgan fingerprint density at radius 3 is 2.89 bits per heavy atom. The Morgan fingerprint density at radius 2 is 2.44 bits per heavy atom. The zero-order valence-electron chi connectivity index (χ0n) is 6.05. The molecular formula is C7H13NO. The van der Waals surface area contributed by atoms with E-state index in [1.807, 2.05) is 6.92 Å². The summed E-state index contributed by atoms with van der Waals surface area (Å²) in [6.07, 6.45) is 2.55. The van der Waals surface area contributed by atoms with E-state index in [1.54, 1.807) is 13.3 Å². The van der Waals surface area contributed by atoms with Gasteiger partial charge in [-0.2, -0.15) is 0 Å². The van der Waals surface area contributed by atoms with Gasteiger partial charge in [0.05, 0.1) is 6.61 Å². The molecule has 0 aliphatic heterocycles. The molecule has 0 fully saturated rings. The van der Waals surface area contributed by atoms with Gasteiger partial charge in [-0.1, -0.05) is 6.58 Å². The van der Waals surface area contributed by atoms with E-state index in [4.69, 9.17) is 4.74 Å². The Bertz CT molecular complexity index is 107. The van der Waals surface area contributed by atoms with Gasteiger partial charge in [-0.25, -0.2) is 0 Å². The van der Waals surface area contributed by atoms with Crippen LogP contribution < -0.4 is 0 Å². The van der Waals surface area contributed by atoms with Gasteiger partial charge in [0.1, 0.15) is 0 Å². The fourth-order valence-corrected chi connectivity index (χ4v) is 0.467. The van der Waals surface area contributed by atoms with Crippen molar-refractivity contribution in [2.24, 2.45) is 4.99 Å². The first kappa shape index (κ1) is 8.37. The first-order valence-electron chi connectivity index (χ1n) is 2.96. The van der Waals surface area contributed by atoms with Gasteiger partial charge in [0.25, 0.3) is 0 Å². The lowest BCUT2D eigenvalue weighted by Gasteiger charge is -1.95. The summed E-state index contributed by atoms with van der Waals surface area (Å²) >= 11 is 0. The number of hydrogen-bond acceptors (Lipinski definition) is 2. The average Bonchev–Trinajstić information content (AvgIpc) is 1.85. The lowest BCUT2D eigenvalue weighted by Crippen LogP contribution is -1.88. The van der Waals surface area contributed by atoms with Gasteiger partial charge in [-0.15, -0.1) is 0 Å². The molecule has 9 heavy (non-hydrogen) atoms. The first-order valence-corrected chi connectivity index (χ1v) is 2.96. The van der Waals surface area contributed by atoms with Crippen molar-refractivity contribution in [3.8, 4) is 0 Å².